The van der Waals surface area contributed by atoms with Crippen molar-refractivity contribution in [3.05, 3.63) is 33.9 Å². The molecule has 0 radical (unpaired) electrons. The summed E-state index contributed by atoms with van der Waals surface area (Å²) in [6.45, 7) is 0.294. The van der Waals surface area contributed by atoms with Gasteiger partial charge in [0.15, 0.2) is 5.75 Å². The highest BCUT2D eigenvalue weighted by Crippen LogP contribution is 2.28. The molecular formula is C9H12N2O4. The average molecular weight is 212 g/mol. The number of nitrogens with one attached hydrogen (secondary N) is 1. The van der Waals surface area contributed by atoms with Crippen molar-refractivity contribution in [2.24, 2.45) is 0 Å². The third-order valence-corrected chi connectivity index (χ3v) is 1.98. The summed E-state index contributed by atoms with van der Waals surface area (Å²) in [7, 11) is 1.66. The first-order valence-electron chi connectivity index (χ1n) is 4.36. The Hall–Kier alpha value is -1.66. The Labute approximate surface area is 86.3 Å². The molecule has 15 heavy (non-hydrogen) atoms. The number of nitro groups is 1. The molecule has 82 valence electrons. The van der Waals surface area contributed by atoms with Crippen molar-refractivity contribution in [1.82, 2.24) is 5.32 Å². The monoisotopic (exact) mass is 212 g/mol. The van der Waals surface area contributed by atoms with Crippen LogP contribution in [0, 0.1) is 10.1 Å². The van der Waals surface area contributed by atoms with Gasteiger partial charge in [-0.3, -0.25) is 10.1 Å². The first-order chi connectivity index (χ1) is 7.06. The van der Waals surface area contributed by atoms with E-state index in [4.69, 9.17) is 0 Å². The third kappa shape index (κ3) is 2.64. The molecule has 0 spiro atoms. The molecule has 0 fully saturated rings. The third-order valence-electron chi connectivity index (χ3n) is 1.98. The summed E-state index contributed by atoms with van der Waals surface area (Å²) in [5, 5.41) is 32.0. The molecule has 1 aromatic rings. The van der Waals surface area contributed by atoms with Crippen molar-refractivity contribution in [1.29, 1.82) is 0 Å². The van der Waals surface area contributed by atoms with E-state index in [1.165, 1.54) is 12.1 Å². The molecule has 0 saturated carbocycles. The molecule has 0 amide bonds. The molecule has 1 unspecified atom stereocenters. The summed E-state index contributed by atoms with van der Waals surface area (Å²) in [6.07, 6.45) is -0.825. The Morgan fingerprint density at radius 3 is 2.80 bits per heavy atom. The number of likely N-dealkylation sites (N-methyl/N-ethyl adjacent to an activating group) is 1. The maximum Gasteiger partial charge on any atom is 0.311 e. The molecule has 0 aromatic heterocycles. The Balaban J connectivity index is 3.02. The fourth-order valence-corrected chi connectivity index (χ4v) is 1.21. The molecule has 0 aliphatic rings. The van der Waals surface area contributed by atoms with Gasteiger partial charge >= 0.3 is 5.69 Å². The van der Waals surface area contributed by atoms with Crippen LogP contribution in [0.1, 0.15) is 11.7 Å². The molecule has 0 aliphatic heterocycles. The Bertz CT molecular complexity index is 367. The van der Waals surface area contributed by atoms with Gasteiger partial charge in [-0.2, -0.15) is 0 Å². The number of aliphatic hydroxyl groups excluding tert-OH is 1. The van der Waals surface area contributed by atoms with E-state index in [0.717, 1.165) is 6.07 Å². The zero-order valence-corrected chi connectivity index (χ0v) is 8.17. The van der Waals surface area contributed by atoms with E-state index in [1.807, 2.05) is 0 Å². The van der Waals surface area contributed by atoms with E-state index >= 15 is 0 Å². The minimum Gasteiger partial charge on any atom is -0.502 e. The van der Waals surface area contributed by atoms with E-state index in [-0.39, 0.29) is 0 Å². The predicted molar refractivity (Wildman–Crippen MR) is 53.6 cm³/mol. The molecule has 3 N–H and O–H groups in total. The van der Waals surface area contributed by atoms with Crippen molar-refractivity contribution >= 4 is 5.69 Å². The van der Waals surface area contributed by atoms with E-state index in [1.54, 1.807) is 7.05 Å². The minimum absolute atomic E-state index is 0.294. The quantitative estimate of drug-likeness (QED) is 0.500. The van der Waals surface area contributed by atoms with Crippen molar-refractivity contribution in [3.63, 3.8) is 0 Å². The highest BCUT2D eigenvalue weighted by atomic mass is 16.6. The van der Waals surface area contributed by atoms with Gasteiger partial charge in [-0.1, -0.05) is 6.07 Å². The van der Waals surface area contributed by atoms with Crippen molar-refractivity contribution < 1.29 is 15.1 Å². The van der Waals surface area contributed by atoms with Crippen LogP contribution in [0.25, 0.3) is 0 Å². The van der Waals surface area contributed by atoms with E-state index in [2.05, 4.69) is 5.32 Å². The fourth-order valence-electron chi connectivity index (χ4n) is 1.21. The van der Waals surface area contributed by atoms with Gasteiger partial charge in [0, 0.05) is 12.6 Å². The predicted octanol–water partition coefficient (Wildman–Crippen LogP) is 0.553. The summed E-state index contributed by atoms with van der Waals surface area (Å²) in [4.78, 5) is 9.81. The zero-order chi connectivity index (χ0) is 11.4. The van der Waals surface area contributed by atoms with Crippen LogP contribution in [0.2, 0.25) is 0 Å². The molecule has 1 atom stereocenters. The van der Waals surface area contributed by atoms with Crippen molar-refractivity contribution in [2.45, 2.75) is 6.10 Å². The first-order valence-corrected chi connectivity index (χ1v) is 4.36. The second-order valence-electron chi connectivity index (χ2n) is 3.08. The van der Waals surface area contributed by atoms with Gasteiger partial charge in [0.05, 0.1) is 11.0 Å². The number of aromatic hydroxyl groups is 1. The normalized spacial score (nSPS) is 12.4. The van der Waals surface area contributed by atoms with Crippen LogP contribution in [0.3, 0.4) is 0 Å². The minimum atomic E-state index is -0.825. The number of nitrogens with zero attached hydrogens (tertiary/aromatic N) is 1. The van der Waals surface area contributed by atoms with Crippen LogP contribution in [0.5, 0.6) is 5.75 Å². The van der Waals surface area contributed by atoms with Crippen LogP contribution < -0.4 is 5.32 Å². The lowest BCUT2D eigenvalue weighted by Gasteiger charge is -2.09. The van der Waals surface area contributed by atoms with Gasteiger partial charge in [-0.25, -0.2) is 0 Å². The zero-order valence-electron chi connectivity index (χ0n) is 8.17. The lowest BCUT2D eigenvalue weighted by atomic mass is 10.1. The van der Waals surface area contributed by atoms with Gasteiger partial charge in [0.25, 0.3) is 0 Å². The largest absolute Gasteiger partial charge is 0.502 e. The van der Waals surface area contributed by atoms with Crippen LogP contribution in [-0.4, -0.2) is 28.7 Å². The molecule has 0 aliphatic carbocycles. The van der Waals surface area contributed by atoms with Crippen molar-refractivity contribution in [3.8, 4) is 5.75 Å². The topological polar surface area (TPSA) is 95.6 Å². The number of rotatable bonds is 4. The Morgan fingerprint density at radius 2 is 2.27 bits per heavy atom. The van der Waals surface area contributed by atoms with Crippen LogP contribution in [0.15, 0.2) is 18.2 Å². The lowest BCUT2D eigenvalue weighted by Crippen LogP contribution is -2.16. The smallest absolute Gasteiger partial charge is 0.311 e. The van der Waals surface area contributed by atoms with Gasteiger partial charge in [0.1, 0.15) is 0 Å². The summed E-state index contributed by atoms with van der Waals surface area (Å²) in [5.74, 6) is -0.402. The summed E-state index contributed by atoms with van der Waals surface area (Å²) in [6, 6.07) is 3.81. The maximum atomic E-state index is 10.5. The highest BCUT2D eigenvalue weighted by molar-refractivity contribution is 5.48. The Morgan fingerprint density at radius 1 is 1.60 bits per heavy atom. The van der Waals surface area contributed by atoms with Crippen LogP contribution in [-0.2, 0) is 0 Å². The number of phenolic OH excluding ortho intramolecular Hbond substituents is 1. The fraction of sp³-hybridized carbons (Fsp3) is 0.333. The molecular weight excluding hydrogens is 200 g/mol. The molecule has 6 heteroatoms. The summed E-state index contributed by atoms with van der Waals surface area (Å²) >= 11 is 0. The van der Waals surface area contributed by atoms with E-state index in [9.17, 15) is 20.3 Å². The molecule has 0 bridgehead atoms. The van der Waals surface area contributed by atoms with Gasteiger partial charge in [0.2, 0.25) is 0 Å². The molecule has 6 nitrogen and oxygen atoms in total. The maximum absolute atomic E-state index is 10.5. The number of hydrogen-bond donors (Lipinski definition) is 3. The first kappa shape index (κ1) is 11.4. The van der Waals surface area contributed by atoms with Gasteiger partial charge in [-0.15, -0.1) is 0 Å². The van der Waals surface area contributed by atoms with Gasteiger partial charge in [-0.05, 0) is 18.7 Å². The lowest BCUT2D eigenvalue weighted by molar-refractivity contribution is -0.386. The summed E-state index contributed by atoms with van der Waals surface area (Å²) in [5.41, 5.74) is -0.00324. The van der Waals surface area contributed by atoms with Crippen LogP contribution in [0.4, 0.5) is 5.69 Å². The van der Waals surface area contributed by atoms with E-state index in [0.29, 0.717) is 12.1 Å². The standard InChI is InChI=1S/C9H12N2O4/c1-10-5-9(13)6-2-3-8(12)7(4-6)11(14)15/h2-4,9-10,12-13H,5H2,1H3. The second kappa shape index (κ2) is 4.72. The SMILES string of the molecule is CNCC(O)c1ccc(O)c([N+](=O)[O-])c1. The number of benzene rings is 1. The number of nitro benzene ring substituents is 1. The summed E-state index contributed by atoms with van der Waals surface area (Å²) < 4.78 is 0. The van der Waals surface area contributed by atoms with E-state index < -0.39 is 22.5 Å². The molecule has 0 saturated heterocycles. The Kier molecular flexibility index (Phi) is 3.59. The molecule has 1 aromatic carbocycles. The molecule has 1 rings (SSSR count). The van der Waals surface area contributed by atoms with Crippen molar-refractivity contribution in [2.75, 3.05) is 13.6 Å². The average Bonchev–Trinajstić information content (AvgIpc) is 2.18. The van der Waals surface area contributed by atoms with Crippen LogP contribution >= 0.6 is 0 Å². The second-order valence-corrected chi connectivity index (χ2v) is 3.08. The van der Waals surface area contributed by atoms with Gasteiger partial charge < -0.3 is 15.5 Å². The highest BCUT2D eigenvalue weighted by Gasteiger charge is 2.16. The molecule has 0 heterocycles. The number of phenols is 1. The number of aliphatic hydroxyl groups is 1. The number of hydrogen-bond acceptors (Lipinski definition) is 5.